The van der Waals surface area contributed by atoms with Crippen molar-refractivity contribution in [1.82, 2.24) is 4.98 Å². The van der Waals surface area contributed by atoms with Crippen molar-refractivity contribution in [2.75, 3.05) is 18.5 Å². The first kappa shape index (κ1) is 15.0. The number of carbonyl (C=O) groups excluding carboxylic acids is 1. The molecule has 22 heavy (non-hydrogen) atoms. The molecule has 1 atom stereocenters. The number of ether oxygens (including phenoxy) is 2. The van der Waals surface area contributed by atoms with Crippen LogP contribution >= 0.6 is 15.9 Å². The molecule has 1 aromatic carbocycles. The van der Waals surface area contributed by atoms with Crippen molar-refractivity contribution in [1.29, 1.82) is 0 Å². The van der Waals surface area contributed by atoms with Crippen LogP contribution in [0, 0.1) is 0 Å². The van der Waals surface area contributed by atoms with Gasteiger partial charge >= 0.3 is 0 Å². The van der Waals surface area contributed by atoms with E-state index in [2.05, 4.69) is 26.2 Å². The number of halogens is 1. The van der Waals surface area contributed by atoms with Crippen LogP contribution in [0.4, 0.5) is 5.69 Å². The highest BCUT2D eigenvalue weighted by Crippen LogP contribution is 2.17. The Labute approximate surface area is 136 Å². The third-order valence-electron chi connectivity index (χ3n) is 3.28. The summed E-state index contributed by atoms with van der Waals surface area (Å²) in [7, 11) is 0. The number of nitrogens with one attached hydrogen (secondary N) is 1. The first-order valence-electron chi connectivity index (χ1n) is 6.98. The smallest absolute Gasteiger partial charge is 0.257 e. The summed E-state index contributed by atoms with van der Waals surface area (Å²) in [6.07, 6.45) is 2.43. The zero-order valence-corrected chi connectivity index (χ0v) is 13.4. The van der Waals surface area contributed by atoms with E-state index in [0.29, 0.717) is 18.1 Å². The van der Waals surface area contributed by atoms with E-state index >= 15 is 0 Å². The lowest BCUT2D eigenvalue weighted by Gasteiger charge is -2.11. The summed E-state index contributed by atoms with van der Waals surface area (Å²) in [4.78, 5) is 16.3. The number of nitrogens with zero attached hydrogens (tertiary/aromatic N) is 1. The van der Waals surface area contributed by atoms with Crippen molar-refractivity contribution in [3.63, 3.8) is 0 Å². The van der Waals surface area contributed by atoms with E-state index in [4.69, 9.17) is 9.47 Å². The number of benzene rings is 1. The van der Waals surface area contributed by atoms with Gasteiger partial charge in [-0.3, -0.25) is 4.79 Å². The molecule has 0 aliphatic carbocycles. The Bertz CT molecular complexity index is 637. The van der Waals surface area contributed by atoms with Crippen LogP contribution < -0.4 is 10.1 Å². The van der Waals surface area contributed by atoms with E-state index in [1.54, 1.807) is 12.1 Å². The van der Waals surface area contributed by atoms with E-state index in [1.165, 1.54) is 6.20 Å². The first-order chi connectivity index (χ1) is 10.7. The quantitative estimate of drug-likeness (QED) is 0.906. The topological polar surface area (TPSA) is 60.5 Å². The molecule has 1 aliphatic heterocycles. The molecule has 1 amide bonds. The Hall–Kier alpha value is -1.92. The standard InChI is InChI=1S/C16H15BrN2O3/c17-12-2-4-13(5-3-12)19-16(20)11-1-6-15(18-9-11)22-14-7-8-21-10-14/h1-6,9,14H,7-8,10H2,(H,19,20). The number of anilines is 1. The van der Waals surface area contributed by atoms with Gasteiger partial charge in [-0.15, -0.1) is 0 Å². The van der Waals surface area contributed by atoms with Gasteiger partial charge in [0.05, 0.1) is 18.8 Å². The Morgan fingerprint density at radius 2 is 2.09 bits per heavy atom. The van der Waals surface area contributed by atoms with Gasteiger partial charge in [0, 0.05) is 28.8 Å². The molecule has 0 bridgehead atoms. The molecule has 1 aliphatic rings. The zero-order chi connectivity index (χ0) is 15.4. The summed E-state index contributed by atoms with van der Waals surface area (Å²) >= 11 is 3.35. The molecule has 3 rings (SSSR count). The van der Waals surface area contributed by atoms with E-state index in [0.717, 1.165) is 23.2 Å². The Morgan fingerprint density at radius 3 is 2.73 bits per heavy atom. The van der Waals surface area contributed by atoms with Crippen molar-refractivity contribution < 1.29 is 14.3 Å². The predicted molar refractivity (Wildman–Crippen MR) is 86.2 cm³/mol. The Balaban J connectivity index is 1.61. The van der Waals surface area contributed by atoms with Gasteiger partial charge in [0.1, 0.15) is 6.10 Å². The predicted octanol–water partition coefficient (Wildman–Crippen LogP) is 3.26. The minimum Gasteiger partial charge on any atom is -0.472 e. The van der Waals surface area contributed by atoms with E-state index in [9.17, 15) is 4.79 Å². The third kappa shape index (κ3) is 3.84. The van der Waals surface area contributed by atoms with Crippen LogP contribution in [0.1, 0.15) is 16.8 Å². The molecule has 0 spiro atoms. The Morgan fingerprint density at radius 1 is 1.27 bits per heavy atom. The fourth-order valence-electron chi connectivity index (χ4n) is 2.10. The molecular formula is C16H15BrN2O3. The maximum atomic E-state index is 12.1. The highest BCUT2D eigenvalue weighted by Gasteiger charge is 2.17. The molecule has 1 fully saturated rings. The number of amides is 1. The van der Waals surface area contributed by atoms with Crippen LogP contribution in [0.3, 0.4) is 0 Å². The fourth-order valence-corrected chi connectivity index (χ4v) is 2.36. The second-order valence-corrected chi connectivity index (χ2v) is 5.87. The second kappa shape index (κ2) is 6.89. The number of hydrogen-bond donors (Lipinski definition) is 1. The van der Waals surface area contributed by atoms with Crippen LogP contribution in [0.25, 0.3) is 0 Å². The lowest BCUT2D eigenvalue weighted by atomic mass is 10.2. The molecule has 1 aromatic heterocycles. The van der Waals surface area contributed by atoms with Gasteiger partial charge in [0.15, 0.2) is 0 Å². The summed E-state index contributed by atoms with van der Waals surface area (Å²) < 4.78 is 11.9. The molecule has 6 heteroatoms. The van der Waals surface area contributed by atoms with Gasteiger partial charge in [-0.05, 0) is 30.3 Å². The molecule has 114 valence electrons. The Kier molecular flexibility index (Phi) is 4.70. The lowest BCUT2D eigenvalue weighted by Crippen LogP contribution is -2.17. The van der Waals surface area contributed by atoms with E-state index in [-0.39, 0.29) is 12.0 Å². The number of pyridine rings is 1. The van der Waals surface area contributed by atoms with Crippen LogP contribution in [-0.2, 0) is 4.74 Å². The van der Waals surface area contributed by atoms with Gasteiger partial charge < -0.3 is 14.8 Å². The normalized spacial score (nSPS) is 17.2. The van der Waals surface area contributed by atoms with Crippen LogP contribution in [0.2, 0.25) is 0 Å². The first-order valence-corrected chi connectivity index (χ1v) is 7.77. The number of aromatic nitrogens is 1. The van der Waals surface area contributed by atoms with Crippen molar-refractivity contribution in [2.45, 2.75) is 12.5 Å². The zero-order valence-electron chi connectivity index (χ0n) is 11.8. The third-order valence-corrected chi connectivity index (χ3v) is 3.80. The highest BCUT2D eigenvalue weighted by molar-refractivity contribution is 9.10. The summed E-state index contributed by atoms with van der Waals surface area (Å²) in [6, 6.07) is 10.8. The molecule has 0 saturated carbocycles. The fraction of sp³-hybridized carbons (Fsp3) is 0.250. The average Bonchev–Trinajstić information content (AvgIpc) is 3.03. The van der Waals surface area contributed by atoms with Gasteiger partial charge in [-0.2, -0.15) is 0 Å². The highest BCUT2D eigenvalue weighted by atomic mass is 79.9. The maximum Gasteiger partial charge on any atom is 0.257 e. The number of rotatable bonds is 4. The minimum absolute atomic E-state index is 0.0509. The van der Waals surface area contributed by atoms with Crippen LogP contribution in [-0.4, -0.2) is 30.2 Å². The summed E-state index contributed by atoms with van der Waals surface area (Å²) in [5.41, 5.74) is 1.22. The van der Waals surface area contributed by atoms with Crippen LogP contribution in [0.5, 0.6) is 5.88 Å². The van der Waals surface area contributed by atoms with Crippen molar-refractivity contribution in [3.05, 3.63) is 52.6 Å². The van der Waals surface area contributed by atoms with E-state index in [1.807, 2.05) is 24.3 Å². The molecule has 1 N–H and O–H groups in total. The molecule has 2 heterocycles. The van der Waals surface area contributed by atoms with E-state index < -0.39 is 0 Å². The van der Waals surface area contributed by atoms with Gasteiger partial charge in [0.25, 0.3) is 5.91 Å². The summed E-state index contributed by atoms with van der Waals surface area (Å²) in [5.74, 6) is 0.307. The second-order valence-electron chi connectivity index (χ2n) is 4.95. The number of hydrogen-bond acceptors (Lipinski definition) is 4. The van der Waals surface area contributed by atoms with Crippen molar-refractivity contribution in [2.24, 2.45) is 0 Å². The summed E-state index contributed by atoms with van der Waals surface area (Å²) in [5, 5.41) is 2.82. The minimum atomic E-state index is -0.203. The maximum absolute atomic E-state index is 12.1. The SMILES string of the molecule is O=C(Nc1ccc(Br)cc1)c1ccc(OC2CCOC2)nc1. The average molecular weight is 363 g/mol. The van der Waals surface area contributed by atoms with Crippen molar-refractivity contribution >= 4 is 27.5 Å². The molecule has 1 unspecified atom stereocenters. The van der Waals surface area contributed by atoms with Crippen LogP contribution in [0.15, 0.2) is 47.1 Å². The molecular weight excluding hydrogens is 348 g/mol. The lowest BCUT2D eigenvalue weighted by molar-refractivity contribution is 0.102. The summed E-state index contributed by atoms with van der Waals surface area (Å²) in [6.45, 7) is 1.31. The molecule has 1 saturated heterocycles. The van der Waals surface area contributed by atoms with Crippen molar-refractivity contribution in [3.8, 4) is 5.88 Å². The monoisotopic (exact) mass is 362 g/mol. The van der Waals surface area contributed by atoms with Gasteiger partial charge in [-0.1, -0.05) is 15.9 Å². The molecule has 2 aromatic rings. The van der Waals surface area contributed by atoms with Gasteiger partial charge in [0.2, 0.25) is 5.88 Å². The number of carbonyl (C=O) groups is 1. The largest absolute Gasteiger partial charge is 0.472 e. The molecule has 0 radical (unpaired) electrons. The molecule has 5 nitrogen and oxygen atoms in total. The van der Waals surface area contributed by atoms with Gasteiger partial charge in [-0.25, -0.2) is 4.98 Å².